The fourth-order valence-electron chi connectivity index (χ4n) is 1.27. The Morgan fingerprint density at radius 1 is 1.82 bits per heavy atom. The minimum absolute atomic E-state index is 0.639. The zero-order valence-corrected chi connectivity index (χ0v) is 6.88. The van der Waals surface area contributed by atoms with Gasteiger partial charge < -0.3 is 5.11 Å². The third kappa shape index (κ3) is 1.60. The summed E-state index contributed by atoms with van der Waals surface area (Å²) in [6, 6.07) is 0. The van der Waals surface area contributed by atoms with E-state index in [0.717, 1.165) is 5.57 Å². The highest BCUT2D eigenvalue weighted by Gasteiger charge is 2.26. The van der Waals surface area contributed by atoms with Crippen molar-refractivity contribution in [2.24, 2.45) is 0 Å². The topological polar surface area (TPSA) is 20.2 Å². The monoisotopic (exact) mass is 150 g/mol. The van der Waals surface area contributed by atoms with Crippen molar-refractivity contribution in [2.45, 2.75) is 25.4 Å². The van der Waals surface area contributed by atoms with E-state index in [1.807, 2.05) is 25.2 Å². The summed E-state index contributed by atoms with van der Waals surface area (Å²) in [5, 5.41) is 9.95. The van der Waals surface area contributed by atoms with Crippen LogP contribution < -0.4 is 0 Å². The first-order chi connectivity index (χ1) is 5.19. The number of allylic oxidation sites excluding steroid dienone is 2. The van der Waals surface area contributed by atoms with Gasteiger partial charge in [-0.25, -0.2) is 0 Å². The van der Waals surface area contributed by atoms with Crippen LogP contribution in [0.1, 0.15) is 19.8 Å². The normalized spacial score (nSPS) is 29.8. The van der Waals surface area contributed by atoms with Crippen LogP contribution in [0.3, 0.4) is 0 Å². The van der Waals surface area contributed by atoms with Gasteiger partial charge in [0.25, 0.3) is 0 Å². The standard InChI is InChI=1S/C10H14O/c1-3-7-10(11)8-5-4-6-9(10)2/h3-6,11H,1,7-8H2,2H3. The Hall–Kier alpha value is -0.820. The molecule has 1 aliphatic carbocycles. The van der Waals surface area contributed by atoms with Crippen LogP contribution in [0.25, 0.3) is 0 Å². The molecule has 1 atom stereocenters. The van der Waals surface area contributed by atoms with E-state index in [2.05, 4.69) is 6.58 Å². The molecule has 0 radical (unpaired) electrons. The molecule has 0 bridgehead atoms. The van der Waals surface area contributed by atoms with E-state index in [1.54, 1.807) is 6.08 Å². The van der Waals surface area contributed by atoms with Crippen molar-refractivity contribution >= 4 is 0 Å². The molecule has 11 heavy (non-hydrogen) atoms. The molecular formula is C10H14O. The smallest absolute Gasteiger partial charge is 0.0925 e. The Labute approximate surface area is 67.7 Å². The van der Waals surface area contributed by atoms with Gasteiger partial charge in [-0.05, 0) is 25.3 Å². The van der Waals surface area contributed by atoms with Crippen molar-refractivity contribution < 1.29 is 5.11 Å². The first-order valence-electron chi connectivity index (χ1n) is 3.86. The first-order valence-corrected chi connectivity index (χ1v) is 3.86. The van der Waals surface area contributed by atoms with E-state index in [9.17, 15) is 5.11 Å². The molecule has 0 aromatic heterocycles. The third-order valence-corrected chi connectivity index (χ3v) is 2.15. The summed E-state index contributed by atoms with van der Waals surface area (Å²) >= 11 is 0. The van der Waals surface area contributed by atoms with Gasteiger partial charge in [-0.15, -0.1) is 6.58 Å². The fourth-order valence-corrected chi connectivity index (χ4v) is 1.27. The molecule has 0 aromatic carbocycles. The molecule has 1 heteroatoms. The van der Waals surface area contributed by atoms with E-state index in [-0.39, 0.29) is 0 Å². The Bertz CT molecular complexity index is 209. The summed E-state index contributed by atoms with van der Waals surface area (Å²) in [4.78, 5) is 0. The van der Waals surface area contributed by atoms with Crippen molar-refractivity contribution in [3.05, 3.63) is 36.5 Å². The van der Waals surface area contributed by atoms with Gasteiger partial charge in [-0.2, -0.15) is 0 Å². The Morgan fingerprint density at radius 2 is 2.55 bits per heavy atom. The Kier molecular flexibility index (Phi) is 2.30. The number of rotatable bonds is 2. The van der Waals surface area contributed by atoms with Gasteiger partial charge in [-0.1, -0.05) is 24.3 Å². The number of aliphatic hydroxyl groups is 1. The van der Waals surface area contributed by atoms with Crippen LogP contribution in [0.5, 0.6) is 0 Å². The molecule has 0 saturated heterocycles. The summed E-state index contributed by atoms with van der Waals surface area (Å²) in [5.41, 5.74) is 0.371. The molecule has 0 amide bonds. The van der Waals surface area contributed by atoms with Gasteiger partial charge in [0.05, 0.1) is 5.60 Å². The highest BCUT2D eigenvalue weighted by molar-refractivity contribution is 5.27. The molecule has 1 aliphatic rings. The lowest BCUT2D eigenvalue weighted by molar-refractivity contribution is 0.0834. The lowest BCUT2D eigenvalue weighted by Gasteiger charge is -2.28. The zero-order valence-electron chi connectivity index (χ0n) is 6.88. The van der Waals surface area contributed by atoms with Crippen molar-refractivity contribution in [3.8, 4) is 0 Å². The lowest BCUT2D eigenvalue weighted by atomic mass is 9.85. The molecule has 0 aromatic rings. The maximum absolute atomic E-state index is 9.95. The van der Waals surface area contributed by atoms with Crippen molar-refractivity contribution in [2.75, 3.05) is 0 Å². The SMILES string of the molecule is C=CCC1(O)CC=CC=C1C. The molecule has 0 saturated carbocycles. The zero-order chi connectivity index (χ0) is 8.32. The van der Waals surface area contributed by atoms with E-state index >= 15 is 0 Å². The second kappa shape index (κ2) is 3.05. The molecule has 0 heterocycles. The quantitative estimate of drug-likeness (QED) is 0.598. The highest BCUT2D eigenvalue weighted by atomic mass is 16.3. The van der Waals surface area contributed by atoms with E-state index in [0.29, 0.717) is 12.8 Å². The summed E-state index contributed by atoms with van der Waals surface area (Å²) in [6.07, 6.45) is 9.02. The summed E-state index contributed by atoms with van der Waals surface area (Å²) in [7, 11) is 0. The number of hydrogen-bond acceptors (Lipinski definition) is 1. The minimum Gasteiger partial charge on any atom is -0.385 e. The molecule has 1 nitrogen and oxygen atoms in total. The predicted octanol–water partition coefficient (Wildman–Crippen LogP) is 2.20. The van der Waals surface area contributed by atoms with Crippen LogP contribution in [0, 0.1) is 0 Å². The Morgan fingerprint density at radius 3 is 3.09 bits per heavy atom. The van der Waals surface area contributed by atoms with Crippen LogP contribution in [-0.4, -0.2) is 10.7 Å². The summed E-state index contributed by atoms with van der Waals surface area (Å²) < 4.78 is 0. The van der Waals surface area contributed by atoms with Gasteiger partial charge in [0.2, 0.25) is 0 Å². The van der Waals surface area contributed by atoms with Gasteiger partial charge in [0, 0.05) is 0 Å². The number of hydrogen-bond donors (Lipinski definition) is 1. The second-order valence-electron chi connectivity index (χ2n) is 3.01. The van der Waals surface area contributed by atoms with Crippen molar-refractivity contribution in [3.63, 3.8) is 0 Å². The molecule has 0 spiro atoms. The lowest BCUT2D eigenvalue weighted by Crippen LogP contribution is -2.29. The molecule has 0 fully saturated rings. The van der Waals surface area contributed by atoms with E-state index in [4.69, 9.17) is 0 Å². The first kappa shape index (κ1) is 8.28. The van der Waals surface area contributed by atoms with Gasteiger partial charge in [0.15, 0.2) is 0 Å². The maximum Gasteiger partial charge on any atom is 0.0925 e. The van der Waals surface area contributed by atoms with Gasteiger partial charge >= 0.3 is 0 Å². The second-order valence-corrected chi connectivity index (χ2v) is 3.01. The minimum atomic E-state index is -0.656. The molecule has 1 unspecified atom stereocenters. The van der Waals surface area contributed by atoms with Gasteiger partial charge in [-0.3, -0.25) is 0 Å². The summed E-state index contributed by atoms with van der Waals surface area (Å²) in [5.74, 6) is 0. The van der Waals surface area contributed by atoms with Gasteiger partial charge in [0.1, 0.15) is 0 Å². The third-order valence-electron chi connectivity index (χ3n) is 2.15. The average Bonchev–Trinajstić information content (AvgIpc) is 1.96. The highest BCUT2D eigenvalue weighted by Crippen LogP contribution is 2.28. The largest absolute Gasteiger partial charge is 0.385 e. The summed E-state index contributed by atoms with van der Waals surface area (Å²) in [6.45, 7) is 5.57. The van der Waals surface area contributed by atoms with Crippen LogP contribution in [0.2, 0.25) is 0 Å². The molecule has 0 aliphatic heterocycles. The Balaban J connectivity index is 2.78. The van der Waals surface area contributed by atoms with Crippen molar-refractivity contribution in [1.82, 2.24) is 0 Å². The van der Waals surface area contributed by atoms with Crippen LogP contribution in [-0.2, 0) is 0 Å². The predicted molar refractivity (Wildman–Crippen MR) is 47.3 cm³/mol. The van der Waals surface area contributed by atoms with E-state index in [1.165, 1.54) is 0 Å². The molecule has 60 valence electrons. The van der Waals surface area contributed by atoms with Crippen LogP contribution in [0.4, 0.5) is 0 Å². The van der Waals surface area contributed by atoms with Crippen molar-refractivity contribution in [1.29, 1.82) is 0 Å². The maximum atomic E-state index is 9.95. The average molecular weight is 150 g/mol. The fraction of sp³-hybridized carbons (Fsp3) is 0.400. The van der Waals surface area contributed by atoms with E-state index < -0.39 is 5.60 Å². The molecule has 1 rings (SSSR count). The molecular weight excluding hydrogens is 136 g/mol. The molecule has 1 N–H and O–H groups in total. The van der Waals surface area contributed by atoms with Crippen LogP contribution in [0.15, 0.2) is 36.5 Å². The van der Waals surface area contributed by atoms with Crippen LogP contribution >= 0.6 is 0 Å².